The Morgan fingerprint density at radius 2 is 2.00 bits per heavy atom. The number of benzene rings is 1. The predicted molar refractivity (Wildman–Crippen MR) is 84.7 cm³/mol. The van der Waals surface area contributed by atoms with Crippen molar-refractivity contribution >= 4 is 11.7 Å². The van der Waals surface area contributed by atoms with Gasteiger partial charge in [-0.2, -0.15) is 0 Å². The molecule has 1 aromatic carbocycles. The largest absolute Gasteiger partial charge is 0.493 e. The molecule has 0 atom stereocenters. The van der Waals surface area contributed by atoms with E-state index >= 15 is 0 Å². The van der Waals surface area contributed by atoms with E-state index in [1.54, 1.807) is 0 Å². The highest BCUT2D eigenvalue weighted by molar-refractivity contribution is 5.66. The van der Waals surface area contributed by atoms with E-state index in [2.05, 4.69) is 13.8 Å². The van der Waals surface area contributed by atoms with E-state index in [1.165, 1.54) is 26.2 Å². The van der Waals surface area contributed by atoms with Crippen molar-refractivity contribution in [2.24, 2.45) is 5.92 Å². The smallest absolute Gasteiger partial charge is 0.302 e. The molecule has 0 N–H and O–H groups in total. The average molecular weight is 325 g/mol. The Morgan fingerprint density at radius 1 is 1.30 bits per heavy atom. The molecule has 0 aliphatic carbocycles. The van der Waals surface area contributed by atoms with E-state index in [0.717, 1.165) is 12.8 Å². The van der Waals surface area contributed by atoms with Crippen LogP contribution in [0.1, 0.15) is 39.2 Å². The average Bonchev–Trinajstić information content (AvgIpc) is 2.48. The number of esters is 1. The van der Waals surface area contributed by atoms with Gasteiger partial charge in [0.1, 0.15) is 6.61 Å². The molecule has 1 aromatic rings. The minimum atomic E-state index is -0.529. The van der Waals surface area contributed by atoms with Gasteiger partial charge in [0.15, 0.2) is 11.5 Å². The van der Waals surface area contributed by atoms with Crippen LogP contribution >= 0.6 is 0 Å². The summed E-state index contributed by atoms with van der Waals surface area (Å²) >= 11 is 0. The van der Waals surface area contributed by atoms with Gasteiger partial charge < -0.3 is 14.2 Å². The molecule has 0 spiro atoms. The lowest BCUT2D eigenvalue weighted by Crippen LogP contribution is -2.05. The number of nitro benzene ring substituents is 1. The van der Waals surface area contributed by atoms with Crippen molar-refractivity contribution in [3.8, 4) is 11.5 Å². The topological polar surface area (TPSA) is 87.9 Å². The second-order valence-corrected chi connectivity index (χ2v) is 5.55. The minimum absolute atomic E-state index is 0.161. The molecule has 0 aliphatic rings. The normalized spacial score (nSPS) is 10.5. The highest BCUT2D eigenvalue weighted by Crippen LogP contribution is 2.35. The Balaban J connectivity index is 2.95. The predicted octanol–water partition coefficient (Wildman–Crippen LogP) is 3.48. The Kier molecular flexibility index (Phi) is 7.31. The molecule has 0 aliphatic heterocycles. The van der Waals surface area contributed by atoms with Gasteiger partial charge in [0.25, 0.3) is 5.69 Å². The molecule has 0 fully saturated rings. The molecule has 0 aromatic heterocycles. The number of carbonyl (C=O) groups is 1. The number of nitrogens with zero attached hydrogens (tertiary/aromatic N) is 1. The second kappa shape index (κ2) is 8.97. The second-order valence-electron chi connectivity index (χ2n) is 5.55. The lowest BCUT2D eigenvalue weighted by Gasteiger charge is -2.13. The van der Waals surface area contributed by atoms with Gasteiger partial charge in [0, 0.05) is 6.92 Å². The third kappa shape index (κ3) is 6.14. The summed E-state index contributed by atoms with van der Waals surface area (Å²) < 4.78 is 15.7. The molecule has 0 radical (unpaired) electrons. The number of rotatable bonds is 9. The molecular formula is C16H23NO6. The first kappa shape index (κ1) is 18.7. The zero-order valence-electron chi connectivity index (χ0n) is 14.0. The zero-order valence-corrected chi connectivity index (χ0v) is 14.0. The fourth-order valence-electron chi connectivity index (χ4n) is 2.00. The molecule has 1 rings (SSSR count). The summed E-state index contributed by atoms with van der Waals surface area (Å²) in [6.07, 6.45) is 1.86. The summed E-state index contributed by atoms with van der Waals surface area (Å²) in [7, 11) is 1.46. The number of carbonyl (C=O) groups excluding carboxylic acids is 1. The molecule has 23 heavy (non-hydrogen) atoms. The van der Waals surface area contributed by atoms with E-state index in [-0.39, 0.29) is 17.9 Å². The van der Waals surface area contributed by atoms with Crippen molar-refractivity contribution in [2.45, 2.75) is 40.2 Å². The highest BCUT2D eigenvalue weighted by Gasteiger charge is 2.20. The fourth-order valence-corrected chi connectivity index (χ4v) is 2.00. The van der Waals surface area contributed by atoms with E-state index < -0.39 is 10.9 Å². The monoisotopic (exact) mass is 325 g/mol. The fraction of sp³-hybridized carbons (Fsp3) is 0.562. The lowest BCUT2D eigenvalue weighted by molar-refractivity contribution is -0.385. The first-order valence-electron chi connectivity index (χ1n) is 7.46. The van der Waals surface area contributed by atoms with Gasteiger partial charge >= 0.3 is 5.97 Å². The van der Waals surface area contributed by atoms with Crippen molar-refractivity contribution in [2.75, 3.05) is 13.7 Å². The number of ether oxygens (including phenoxy) is 3. The Labute approximate surface area is 135 Å². The maximum atomic E-state index is 11.2. The van der Waals surface area contributed by atoms with Crippen LogP contribution in [0, 0.1) is 16.0 Å². The number of hydrogen-bond donors (Lipinski definition) is 0. The maximum Gasteiger partial charge on any atom is 0.302 e. The zero-order chi connectivity index (χ0) is 17.4. The van der Waals surface area contributed by atoms with E-state index in [1.807, 2.05) is 0 Å². The number of nitro groups is 1. The lowest BCUT2D eigenvalue weighted by atomic mass is 10.1. The molecular weight excluding hydrogens is 302 g/mol. The van der Waals surface area contributed by atoms with Crippen molar-refractivity contribution in [1.82, 2.24) is 0 Å². The minimum Gasteiger partial charge on any atom is -0.493 e. The summed E-state index contributed by atoms with van der Waals surface area (Å²) in [4.78, 5) is 21.6. The van der Waals surface area contributed by atoms with Crippen LogP contribution < -0.4 is 9.47 Å². The van der Waals surface area contributed by atoms with Crippen molar-refractivity contribution in [1.29, 1.82) is 0 Å². The van der Waals surface area contributed by atoms with Crippen LogP contribution in [0.15, 0.2) is 12.1 Å². The van der Waals surface area contributed by atoms with Gasteiger partial charge in [-0.15, -0.1) is 0 Å². The summed E-state index contributed by atoms with van der Waals surface area (Å²) in [6.45, 7) is 5.75. The van der Waals surface area contributed by atoms with Crippen LogP contribution in [0.3, 0.4) is 0 Å². The summed E-state index contributed by atoms with van der Waals surface area (Å²) in [5.41, 5.74) is 0.0995. The van der Waals surface area contributed by atoms with E-state index in [9.17, 15) is 14.9 Å². The number of methoxy groups -OCH3 is 1. The quantitative estimate of drug-likeness (QED) is 0.299. The van der Waals surface area contributed by atoms with Crippen molar-refractivity contribution in [3.63, 3.8) is 0 Å². The van der Waals surface area contributed by atoms with E-state index in [0.29, 0.717) is 24.0 Å². The van der Waals surface area contributed by atoms with Crippen molar-refractivity contribution < 1.29 is 23.9 Å². The van der Waals surface area contributed by atoms with E-state index in [4.69, 9.17) is 14.2 Å². The summed E-state index contributed by atoms with van der Waals surface area (Å²) in [6, 6.07) is 2.78. The van der Waals surface area contributed by atoms with Gasteiger partial charge in [-0.1, -0.05) is 13.8 Å². The Morgan fingerprint density at radius 3 is 2.52 bits per heavy atom. The van der Waals surface area contributed by atoms with Gasteiger partial charge in [-0.3, -0.25) is 14.9 Å². The number of hydrogen-bond acceptors (Lipinski definition) is 6. The molecule has 0 bridgehead atoms. The maximum absolute atomic E-state index is 11.2. The van der Waals surface area contributed by atoms with Gasteiger partial charge in [-0.25, -0.2) is 0 Å². The molecule has 0 unspecified atom stereocenters. The Hall–Kier alpha value is -2.31. The van der Waals surface area contributed by atoms with Gasteiger partial charge in [-0.05, 0) is 24.8 Å². The van der Waals surface area contributed by atoms with Gasteiger partial charge in [0.2, 0.25) is 0 Å². The summed E-state index contributed by atoms with van der Waals surface area (Å²) in [5.74, 6) is 0.755. The third-order valence-electron chi connectivity index (χ3n) is 3.18. The SMILES string of the molecule is COc1cc(COC(C)=O)c([N+](=O)[O-])cc1OCCCC(C)C. The van der Waals surface area contributed by atoms with Crippen LogP contribution in [0.25, 0.3) is 0 Å². The first-order chi connectivity index (χ1) is 10.8. The molecule has 0 heterocycles. The van der Waals surface area contributed by atoms with Crippen LogP contribution in [0.4, 0.5) is 5.69 Å². The van der Waals surface area contributed by atoms with Crippen LogP contribution in [-0.4, -0.2) is 24.6 Å². The first-order valence-corrected chi connectivity index (χ1v) is 7.46. The van der Waals surface area contributed by atoms with Gasteiger partial charge in [0.05, 0.1) is 30.3 Å². The highest BCUT2D eigenvalue weighted by atomic mass is 16.6. The Bertz CT molecular complexity index is 556. The molecule has 7 heteroatoms. The molecule has 128 valence electrons. The molecule has 0 amide bonds. The van der Waals surface area contributed by atoms with Crippen LogP contribution in [0.5, 0.6) is 11.5 Å². The van der Waals surface area contributed by atoms with Crippen LogP contribution in [0.2, 0.25) is 0 Å². The third-order valence-corrected chi connectivity index (χ3v) is 3.18. The molecule has 0 saturated carbocycles. The molecule has 7 nitrogen and oxygen atoms in total. The summed E-state index contributed by atoms with van der Waals surface area (Å²) in [5, 5.41) is 11.2. The van der Waals surface area contributed by atoms with Crippen molar-refractivity contribution in [3.05, 3.63) is 27.8 Å². The molecule has 0 saturated heterocycles. The van der Waals surface area contributed by atoms with Crippen LogP contribution in [-0.2, 0) is 16.1 Å². The standard InChI is InChI=1S/C16H23NO6/c1-11(2)6-5-7-22-16-9-14(17(19)20)13(8-15(16)21-4)10-23-12(3)18/h8-9,11H,5-7,10H2,1-4H3.